The van der Waals surface area contributed by atoms with Crippen molar-refractivity contribution in [3.63, 3.8) is 0 Å². The second-order valence-electron chi connectivity index (χ2n) is 25.6. The number of anilines is 5. The van der Waals surface area contributed by atoms with E-state index in [0.29, 0.717) is 49.4 Å². The van der Waals surface area contributed by atoms with Crippen molar-refractivity contribution in [2.24, 2.45) is 35.5 Å². The highest BCUT2D eigenvalue weighted by Gasteiger charge is 2.38. The largest absolute Gasteiger partial charge is 0.481 e. The second kappa shape index (κ2) is 33.6. The molecule has 19 heteroatoms. The molecule has 7 N–H and O–H groups in total. The Bertz CT molecular complexity index is 3200. The molecule has 0 bridgehead atoms. The third-order valence-corrected chi connectivity index (χ3v) is 19.7. The first kappa shape index (κ1) is 66.9. The summed E-state index contributed by atoms with van der Waals surface area (Å²) >= 11 is 0. The van der Waals surface area contributed by atoms with Crippen LogP contribution in [0, 0.1) is 35.5 Å². The Morgan fingerprint density at radius 3 is 1.27 bits per heavy atom. The molecule has 7 aliphatic rings. The van der Waals surface area contributed by atoms with Crippen molar-refractivity contribution >= 4 is 71.0 Å². The quantitative estimate of drug-likeness (QED) is 0.0359. The fraction of sp³-hybridized carbons (Fsp3) is 0.549. The maximum atomic E-state index is 13.0. The van der Waals surface area contributed by atoms with Crippen LogP contribution >= 0.6 is 12.4 Å². The van der Waals surface area contributed by atoms with Crippen LogP contribution in [-0.2, 0) is 80.1 Å². The average Bonchev–Trinajstić information content (AvgIpc) is 2.19. The van der Waals surface area contributed by atoms with E-state index in [1.54, 1.807) is 0 Å². The Hall–Kier alpha value is -7.47. The van der Waals surface area contributed by atoms with Gasteiger partial charge in [0.1, 0.15) is 17.5 Å². The number of carboxylic acids is 2. The Kier molecular flexibility index (Phi) is 25.0. The molecule has 2 aromatic carbocycles. The molecule has 18 nitrogen and oxygen atoms in total. The topological polar surface area (TPSA) is 240 Å². The van der Waals surface area contributed by atoms with E-state index in [2.05, 4.69) is 104 Å². The molecule has 0 aliphatic carbocycles. The van der Waals surface area contributed by atoms with Crippen molar-refractivity contribution in [2.75, 3.05) is 92.6 Å². The predicted octanol–water partition coefficient (Wildman–Crippen LogP) is 11.1. The number of hydrogen-bond donors (Lipinski definition) is 7. The molecular formula is C71H95ClN10O8. The number of para-hydroxylation sites is 2. The molecule has 10 heterocycles. The fourth-order valence-corrected chi connectivity index (χ4v) is 14.7. The van der Waals surface area contributed by atoms with E-state index < -0.39 is 11.9 Å². The van der Waals surface area contributed by atoms with Gasteiger partial charge in [0.2, 0.25) is 11.8 Å². The number of nitrogens with zero attached hydrogens (tertiary/aromatic N) is 5. The first-order valence-corrected chi connectivity index (χ1v) is 33.3. The number of benzene rings is 2. The van der Waals surface area contributed by atoms with Gasteiger partial charge in [-0.3, -0.25) is 24.0 Å². The molecule has 4 unspecified atom stereocenters. The molecule has 2 amide bonds. The van der Waals surface area contributed by atoms with Crippen molar-refractivity contribution in [1.82, 2.24) is 24.8 Å². The van der Waals surface area contributed by atoms with Gasteiger partial charge in [0.15, 0.2) is 0 Å². The van der Waals surface area contributed by atoms with Crippen molar-refractivity contribution < 1.29 is 38.9 Å². The van der Waals surface area contributed by atoms with Crippen LogP contribution in [0.15, 0.2) is 84.9 Å². The van der Waals surface area contributed by atoms with E-state index in [4.69, 9.17) is 19.8 Å². The summed E-state index contributed by atoms with van der Waals surface area (Å²) in [5.41, 5.74) is 11.9. The highest BCUT2D eigenvalue weighted by atomic mass is 35.5. The molecular weight excluding hydrogens is 1160 g/mol. The third-order valence-electron chi connectivity index (χ3n) is 19.7. The zero-order valence-corrected chi connectivity index (χ0v) is 53.5. The number of carbonyl (C=O) groups excluding carboxylic acids is 3. The number of methoxy groups -OCH3 is 1. The molecule has 4 atom stereocenters. The van der Waals surface area contributed by atoms with E-state index in [-0.39, 0.29) is 54.9 Å². The molecule has 484 valence electrons. The number of fused-ring (bicyclic) bond motifs is 5. The Labute approximate surface area is 537 Å². The van der Waals surface area contributed by atoms with Crippen molar-refractivity contribution in [2.45, 2.75) is 148 Å². The number of hydrogen-bond acceptors (Lipinski definition) is 14. The second-order valence-corrected chi connectivity index (χ2v) is 25.6. The number of carboxylic acid groups (broad SMARTS) is 2. The summed E-state index contributed by atoms with van der Waals surface area (Å²) in [6, 6.07) is 29.5. The predicted molar refractivity (Wildman–Crippen MR) is 356 cm³/mol. The number of nitrogens with one attached hydrogen (secondary N) is 5. The zero-order valence-electron chi connectivity index (χ0n) is 52.7. The minimum absolute atomic E-state index is 0. The first-order valence-electron chi connectivity index (χ1n) is 33.3. The smallest absolute Gasteiger partial charge is 0.305 e. The SMILES string of the molecule is COC(=O)CC(C1CCN(C(=O)CCCc2ccc3c(n2)NCCC3)CC1)C1CNc2ccccc2C1.Cl.O=C(O)CC(C1CCN(C(=O)CCCc2ccc3c(n2)NCCC3)CC1)C1CNc2ccccc2C1.O=C(O)CCCc1ccc2c(n1)NCCC2. The summed E-state index contributed by atoms with van der Waals surface area (Å²) in [6.45, 7) is 7.67. The van der Waals surface area contributed by atoms with Gasteiger partial charge in [-0.05, 0) is 209 Å². The standard InChI is InChI=1S/C30H40N4O3.C29H38N4O3.C12H16N2O2.ClH/c1-37-29(36)19-26(24-18-23-6-2-3-9-27(23)32-20-24)21-13-16-34(17-14-21)28(35)10-4-8-25-12-11-22-7-5-15-31-30(22)33-25;34-27(9-3-7-24-11-10-21-6-4-14-30-29(21)32-24)33-15-12-20(13-16-33)25(18-28(35)36)23-17-22-5-1-2-8-26(22)31-19-23;15-11(16)5-1-4-10-7-6-9-3-2-8-13-12(9)14-10;/h2-3,6,9,11-12,21,24,26,32H,4-5,7-8,10,13-20H2,1H3,(H,31,33);1-2,5,8,10-11,20,23,25,31H,3-4,6-7,9,12-19H2,(H,30,32)(H,35,36);6-7H,1-5,8H2,(H,13,14)(H,15,16);1H. The lowest BCUT2D eigenvalue weighted by Crippen LogP contribution is -2.43. The lowest BCUT2D eigenvalue weighted by molar-refractivity contribution is -0.143. The number of halogens is 1. The number of rotatable bonds is 20. The van der Waals surface area contributed by atoms with Gasteiger partial charge in [0.05, 0.1) is 7.11 Å². The van der Waals surface area contributed by atoms with Gasteiger partial charge >= 0.3 is 17.9 Å². The number of aliphatic carboxylic acids is 2. The molecule has 0 radical (unpaired) electrons. The van der Waals surface area contributed by atoms with Crippen LogP contribution in [0.2, 0.25) is 0 Å². The number of aryl methyl sites for hydroxylation is 6. The van der Waals surface area contributed by atoms with Crippen molar-refractivity contribution in [3.05, 3.63) is 130 Å². The average molecular weight is 1250 g/mol. The van der Waals surface area contributed by atoms with E-state index in [1.807, 2.05) is 21.9 Å². The number of esters is 1. The van der Waals surface area contributed by atoms with Crippen LogP contribution in [0.25, 0.3) is 0 Å². The van der Waals surface area contributed by atoms with E-state index in [9.17, 15) is 29.1 Å². The highest BCUT2D eigenvalue weighted by molar-refractivity contribution is 5.85. The summed E-state index contributed by atoms with van der Waals surface area (Å²) in [4.78, 5) is 78.4. The first-order chi connectivity index (χ1) is 43.4. The molecule has 12 rings (SSSR count). The molecule has 0 saturated carbocycles. The van der Waals surface area contributed by atoms with Crippen LogP contribution in [0.3, 0.4) is 0 Å². The van der Waals surface area contributed by atoms with Gasteiger partial charge in [-0.2, -0.15) is 0 Å². The highest BCUT2D eigenvalue weighted by Crippen LogP contribution is 2.40. The van der Waals surface area contributed by atoms with Crippen molar-refractivity contribution in [3.8, 4) is 0 Å². The Morgan fingerprint density at radius 1 is 0.489 bits per heavy atom. The van der Waals surface area contributed by atoms with Gasteiger partial charge in [0.25, 0.3) is 0 Å². The molecule has 2 saturated heterocycles. The van der Waals surface area contributed by atoms with Gasteiger partial charge in [-0.25, -0.2) is 15.0 Å². The molecule has 0 spiro atoms. The number of aromatic nitrogens is 3. The Balaban J connectivity index is 0.000000171. The number of ether oxygens (including phenoxy) is 1. The normalized spacial score (nSPS) is 18.9. The summed E-state index contributed by atoms with van der Waals surface area (Å²) in [5, 5.41) is 35.3. The lowest BCUT2D eigenvalue weighted by atomic mass is 9.71. The Morgan fingerprint density at radius 2 is 0.878 bits per heavy atom. The van der Waals surface area contributed by atoms with Crippen LogP contribution in [-0.4, -0.2) is 131 Å². The fourth-order valence-electron chi connectivity index (χ4n) is 14.7. The monoisotopic (exact) mass is 1250 g/mol. The van der Waals surface area contributed by atoms with Gasteiger partial charge < -0.3 is 51.3 Å². The lowest BCUT2D eigenvalue weighted by Gasteiger charge is -2.41. The minimum Gasteiger partial charge on any atom is -0.481 e. The number of amides is 2. The van der Waals surface area contributed by atoms with Gasteiger partial charge in [-0.15, -0.1) is 12.4 Å². The molecule has 5 aromatic rings. The number of carbonyl (C=O) groups is 5. The molecule has 3 aromatic heterocycles. The maximum Gasteiger partial charge on any atom is 0.305 e. The molecule has 2 fully saturated rings. The molecule has 90 heavy (non-hydrogen) atoms. The number of likely N-dealkylation sites (tertiary alicyclic amines) is 2. The summed E-state index contributed by atoms with van der Waals surface area (Å²) in [5.74, 6) is 3.74. The van der Waals surface area contributed by atoms with Gasteiger partial charge in [-0.1, -0.05) is 54.6 Å². The van der Waals surface area contributed by atoms with Crippen LogP contribution in [0.4, 0.5) is 28.8 Å². The van der Waals surface area contributed by atoms with E-state index in [1.165, 1.54) is 46.3 Å². The third kappa shape index (κ3) is 18.8. The number of piperidine rings is 2. The van der Waals surface area contributed by atoms with Crippen molar-refractivity contribution in [1.29, 1.82) is 0 Å². The van der Waals surface area contributed by atoms with E-state index >= 15 is 0 Å². The van der Waals surface area contributed by atoms with Crippen LogP contribution < -0.4 is 26.6 Å². The van der Waals surface area contributed by atoms with E-state index in [0.717, 1.165) is 203 Å². The summed E-state index contributed by atoms with van der Waals surface area (Å²) in [6.07, 6.45) is 19.0. The van der Waals surface area contributed by atoms with Crippen LogP contribution in [0.5, 0.6) is 0 Å². The molecule has 7 aliphatic heterocycles. The van der Waals surface area contributed by atoms with Crippen LogP contribution in [0.1, 0.15) is 141 Å². The minimum atomic E-state index is -0.740. The maximum absolute atomic E-state index is 13.0. The zero-order chi connectivity index (χ0) is 61.9. The van der Waals surface area contributed by atoms with Gasteiger partial charge in [0, 0.05) is 119 Å². The summed E-state index contributed by atoms with van der Waals surface area (Å²) < 4.78 is 5.07. The summed E-state index contributed by atoms with van der Waals surface area (Å²) in [7, 11) is 1.48. The number of pyridine rings is 3.